The number of rotatable bonds is 7. The largest absolute Gasteiger partial charge is 0.407 e. The number of aromatic nitrogens is 2. The molecule has 10 heteroatoms. The number of nitrogens with zero attached hydrogens (tertiary/aromatic N) is 3. The van der Waals surface area contributed by atoms with Gasteiger partial charge in [0.15, 0.2) is 0 Å². The number of nitrogens with one attached hydrogen (secondary N) is 1. The number of anilines is 1. The van der Waals surface area contributed by atoms with Gasteiger partial charge in [0.2, 0.25) is 15.9 Å². The fraction of sp³-hybridized carbons (Fsp3) is 0.286. The molecule has 0 radical (unpaired) electrons. The molecule has 0 bridgehead atoms. The normalized spacial score (nSPS) is 14.6. The molecule has 1 aliphatic heterocycles. The van der Waals surface area contributed by atoms with E-state index in [4.69, 9.17) is 4.42 Å². The van der Waals surface area contributed by atoms with Gasteiger partial charge in [-0.05, 0) is 61.1 Å². The highest BCUT2D eigenvalue weighted by Crippen LogP contribution is 2.22. The van der Waals surface area contributed by atoms with Crippen LogP contribution >= 0.6 is 11.8 Å². The molecule has 0 unspecified atom stereocenters. The number of thioether (sulfide) groups is 1. The number of carbonyl (C=O) groups is 1. The summed E-state index contributed by atoms with van der Waals surface area (Å²) in [5.41, 5.74) is 1.32. The summed E-state index contributed by atoms with van der Waals surface area (Å²) in [5, 5.41) is 10.4. The van der Waals surface area contributed by atoms with Crippen LogP contribution in [0.3, 0.4) is 0 Å². The quantitative estimate of drug-likeness (QED) is 0.541. The van der Waals surface area contributed by atoms with Crippen molar-refractivity contribution in [1.82, 2.24) is 14.5 Å². The number of hydrogen-bond donors (Lipinski definition) is 1. The molecular formula is C21H22N4O4S2. The molecule has 1 amide bonds. The Morgan fingerprint density at radius 3 is 2.39 bits per heavy atom. The van der Waals surface area contributed by atoms with E-state index in [2.05, 4.69) is 15.5 Å². The number of carbonyl (C=O) groups excluding carboxylic acids is 1. The summed E-state index contributed by atoms with van der Waals surface area (Å²) in [6.45, 7) is 1.07. The third kappa shape index (κ3) is 4.97. The first-order chi connectivity index (χ1) is 15.0. The maximum atomic E-state index is 12.6. The molecule has 4 rings (SSSR count). The summed E-state index contributed by atoms with van der Waals surface area (Å²) >= 11 is 1.67. The lowest BCUT2D eigenvalue weighted by Crippen LogP contribution is -2.27. The predicted octanol–water partition coefficient (Wildman–Crippen LogP) is 3.42. The third-order valence-corrected chi connectivity index (χ3v) is 7.68. The molecule has 1 saturated heterocycles. The van der Waals surface area contributed by atoms with Gasteiger partial charge in [0.05, 0.1) is 11.3 Å². The first-order valence-electron chi connectivity index (χ1n) is 9.82. The fourth-order valence-electron chi connectivity index (χ4n) is 3.32. The molecule has 0 atom stereocenters. The Bertz CT molecular complexity index is 1150. The smallest absolute Gasteiger partial charge is 0.322 e. The average Bonchev–Trinajstić information content (AvgIpc) is 3.47. The molecule has 1 aromatic heterocycles. The second-order valence-electron chi connectivity index (χ2n) is 7.12. The Morgan fingerprint density at radius 1 is 1.06 bits per heavy atom. The number of sulfonamides is 1. The van der Waals surface area contributed by atoms with Crippen molar-refractivity contribution in [1.29, 1.82) is 0 Å². The molecule has 0 spiro atoms. The fourth-order valence-corrected chi connectivity index (χ4v) is 5.24. The summed E-state index contributed by atoms with van der Waals surface area (Å²) in [5.74, 6) is -0.0658. The molecule has 0 saturated carbocycles. The lowest BCUT2D eigenvalue weighted by atomic mass is 10.1. The highest BCUT2D eigenvalue weighted by Gasteiger charge is 2.27. The van der Waals surface area contributed by atoms with Gasteiger partial charge >= 0.3 is 6.01 Å². The van der Waals surface area contributed by atoms with Crippen LogP contribution in [-0.2, 0) is 16.4 Å². The second-order valence-corrected chi connectivity index (χ2v) is 9.93. The number of hydrogen-bond acceptors (Lipinski definition) is 7. The zero-order chi connectivity index (χ0) is 21.8. The van der Waals surface area contributed by atoms with Crippen LogP contribution in [0.15, 0.2) is 62.7 Å². The monoisotopic (exact) mass is 458 g/mol. The van der Waals surface area contributed by atoms with Crippen LogP contribution in [0.25, 0.3) is 0 Å². The van der Waals surface area contributed by atoms with E-state index in [-0.39, 0.29) is 10.9 Å². The van der Waals surface area contributed by atoms with Crippen molar-refractivity contribution >= 4 is 33.7 Å². The van der Waals surface area contributed by atoms with Gasteiger partial charge in [-0.25, -0.2) is 8.42 Å². The van der Waals surface area contributed by atoms with Crippen molar-refractivity contribution in [3.63, 3.8) is 0 Å². The Morgan fingerprint density at radius 2 is 1.74 bits per heavy atom. The van der Waals surface area contributed by atoms with Crippen molar-refractivity contribution in [2.75, 3.05) is 24.7 Å². The zero-order valence-electron chi connectivity index (χ0n) is 16.9. The Labute approximate surface area is 185 Å². The minimum Gasteiger partial charge on any atom is -0.407 e. The predicted molar refractivity (Wildman–Crippen MR) is 118 cm³/mol. The van der Waals surface area contributed by atoms with Crippen molar-refractivity contribution in [2.24, 2.45) is 0 Å². The van der Waals surface area contributed by atoms with Crippen LogP contribution in [0.5, 0.6) is 0 Å². The van der Waals surface area contributed by atoms with Crippen LogP contribution in [-0.4, -0.2) is 48.2 Å². The zero-order valence-corrected chi connectivity index (χ0v) is 18.6. The van der Waals surface area contributed by atoms with Crippen LogP contribution in [0.4, 0.5) is 6.01 Å². The minimum atomic E-state index is -3.51. The summed E-state index contributed by atoms with van der Waals surface area (Å²) in [7, 11) is -3.51. The Balaban J connectivity index is 1.39. The van der Waals surface area contributed by atoms with Gasteiger partial charge in [0.25, 0.3) is 5.91 Å². The average molecular weight is 459 g/mol. The van der Waals surface area contributed by atoms with E-state index < -0.39 is 15.9 Å². The summed E-state index contributed by atoms with van der Waals surface area (Å²) < 4.78 is 32.2. The van der Waals surface area contributed by atoms with E-state index in [1.165, 1.54) is 33.5 Å². The summed E-state index contributed by atoms with van der Waals surface area (Å²) in [6, 6.07) is 13.9. The Kier molecular flexibility index (Phi) is 6.40. The van der Waals surface area contributed by atoms with Crippen LogP contribution < -0.4 is 5.32 Å². The van der Waals surface area contributed by atoms with Crippen LogP contribution in [0.1, 0.15) is 34.7 Å². The maximum Gasteiger partial charge on any atom is 0.322 e. The van der Waals surface area contributed by atoms with Crippen LogP contribution in [0.2, 0.25) is 0 Å². The maximum absolute atomic E-state index is 12.6. The molecule has 1 aliphatic rings. The van der Waals surface area contributed by atoms with Crippen LogP contribution in [0, 0.1) is 0 Å². The molecule has 1 N–H and O–H groups in total. The lowest BCUT2D eigenvalue weighted by Gasteiger charge is -2.15. The summed E-state index contributed by atoms with van der Waals surface area (Å²) in [4.78, 5) is 13.8. The van der Waals surface area contributed by atoms with Gasteiger partial charge in [-0.2, -0.15) is 4.31 Å². The first kappa shape index (κ1) is 21.5. The molecule has 8 nitrogen and oxygen atoms in total. The highest BCUT2D eigenvalue weighted by molar-refractivity contribution is 7.98. The Hall–Kier alpha value is -2.69. The SMILES string of the molecule is CSc1ccc(Cc2nnc(NC(=O)c3ccc(S(=O)(=O)N4CCCC4)cc3)o2)cc1. The molecule has 31 heavy (non-hydrogen) atoms. The topological polar surface area (TPSA) is 105 Å². The molecule has 2 heterocycles. The van der Waals surface area contributed by atoms with Gasteiger partial charge in [0, 0.05) is 23.5 Å². The van der Waals surface area contributed by atoms with Gasteiger partial charge in [-0.15, -0.1) is 16.9 Å². The molecule has 0 aliphatic carbocycles. The van der Waals surface area contributed by atoms with E-state index in [0.717, 1.165) is 18.4 Å². The van der Waals surface area contributed by atoms with E-state index >= 15 is 0 Å². The highest BCUT2D eigenvalue weighted by atomic mass is 32.2. The van der Waals surface area contributed by atoms with Gasteiger partial charge in [-0.3, -0.25) is 10.1 Å². The molecule has 2 aromatic carbocycles. The second kappa shape index (κ2) is 9.21. The third-order valence-electron chi connectivity index (χ3n) is 5.02. The summed E-state index contributed by atoms with van der Waals surface area (Å²) in [6.07, 6.45) is 4.21. The number of amides is 1. The van der Waals surface area contributed by atoms with Crippen molar-refractivity contribution in [3.05, 3.63) is 65.5 Å². The molecule has 3 aromatic rings. The molecule has 162 valence electrons. The van der Waals surface area contributed by atoms with Crippen molar-refractivity contribution in [2.45, 2.75) is 29.1 Å². The standard InChI is InChI=1S/C21H22N4O4S2/c1-30-17-8-4-15(5-9-17)14-19-23-24-21(29-19)22-20(26)16-6-10-18(11-7-16)31(27,28)25-12-2-3-13-25/h4-11H,2-3,12-14H2,1H3,(H,22,24,26). The first-order valence-corrected chi connectivity index (χ1v) is 12.5. The minimum absolute atomic E-state index is 0.00509. The van der Waals surface area contributed by atoms with E-state index in [1.807, 2.05) is 30.5 Å². The van der Waals surface area contributed by atoms with E-state index in [0.29, 0.717) is 31.0 Å². The van der Waals surface area contributed by atoms with Gasteiger partial charge in [0.1, 0.15) is 0 Å². The molecular weight excluding hydrogens is 436 g/mol. The van der Waals surface area contributed by atoms with Gasteiger partial charge < -0.3 is 4.42 Å². The van der Waals surface area contributed by atoms with Crippen molar-refractivity contribution in [3.8, 4) is 0 Å². The van der Waals surface area contributed by atoms with E-state index in [9.17, 15) is 13.2 Å². The van der Waals surface area contributed by atoms with Crippen molar-refractivity contribution < 1.29 is 17.6 Å². The molecule has 1 fully saturated rings. The van der Waals surface area contributed by atoms with E-state index in [1.54, 1.807) is 11.8 Å². The lowest BCUT2D eigenvalue weighted by molar-refractivity contribution is 0.102. The van der Waals surface area contributed by atoms with Gasteiger partial charge in [-0.1, -0.05) is 17.2 Å². The number of benzene rings is 2.